The van der Waals surface area contributed by atoms with Crippen molar-refractivity contribution in [1.29, 1.82) is 0 Å². The SMILES string of the molecule is CCC(O)CN1CC(SC(C)=O)CC1=O. The Kier molecular flexibility index (Phi) is 4.60. The van der Waals surface area contributed by atoms with Crippen LogP contribution in [0.5, 0.6) is 0 Å². The fourth-order valence-corrected chi connectivity index (χ4v) is 2.56. The second kappa shape index (κ2) is 5.51. The molecule has 2 atom stereocenters. The molecular weight excluding hydrogens is 214 g/mol. The Bertz CT molecular complexity index is 257. The van der Waals surface area contributed by atoms with Gasteiger partial charge in [-0.05, 0) is 6.42 Å². The van der Waals surface area contributed by atoms with Gasteiger partial charge in [0.1, 0.15) is 0 Å². The summed E-state index contributed by atoms with van der Waals surface area (Å²) in [6, 6.07) is 0. The third kappa shape index (κ3) is 3.83. The molecule has 0 spiro atoms. The van der Waals surface area contributed by atoms with Gasteiger partial charge in [-0.1, -0.05) is 18.7 Å². The summed E-state index contributed by atoms with van der Waals surface area (Å²) >= 11 is 1.22. The summed E-state index contributed by atoms with van der Waals surface area (Å²) in [7, 11) is 0. The lowest BCUT2D eigenvalue weighted by Gasteiger charge is -2.19. The first-order valence-corrected chi connectivity index (χ1v) is 6.04. The molecule has 0 aliphatic carbocycles. The molecule has 15 heavy (non-hydrogen) atoms. The Morgan fingerprint density at radius 2 is 2.40 bits per heavy atom. The van der Waals surface area contributed by atoms with Crippen molar-refractivity contribution >= 4 is 22.8 Å². The summed E-state index contributed by atoms with van der Waals surface area (Å²) in [6.45, 7) is 4.37. The fraction of sp³-hybridized carbons (Fsp3) is 0.800. The van der Waals surface area contributed by atoms with Gasteiger partial charge in [-0.3, -0.25) is 9.59 Å². The molecule has 1 heterocycles. The number of aliphatic hydroxyl groups is 1. The number of carbonyl (C=O) groups is 2. The second-order valence-corrected chi connectivity index (χ2v) is 5.27. The van der Waals surface area contributed by atoms with Crippen molar-refractivity contribution in [2.24, 2.45) is 0 Å². The molecule has 1 N–H and O–H groups in total. The maximum absolute atomic E-state index is 11.5. The third-order valence-corrected chi connectivity index (χ3v) is 3.40. The zero-order valence-corrected chi connectivity index (χ0v) is 9.92. The van der Waals surface area contributed by atoms with Gasteiger partial charge in [0.15, 0.2) is 5.12 Å². The van der Waals surface area contributed by atoms with E-state index in [0.717, 1.165) is 0 Å². The smallest absolute Gasteiger partial charge is 0.223 e. The lowest BCUT2D eigenvalue weighted by molar-refractivity contribution is -0.128. The summed E-state index contributed by atoms with van der Waals surface area (Å²) in [5, 5.41) is 9.55. The van der Waals surface area contributed by atoms with Gasteiger partial charge < -0.3 is 10.0 Å². The Morgan fingerprint density at radius 1 is 1.73 bits per heavy atom. The zero-order valence-electron chi connectivity index (χ0n) is 9.10. The molecule has 4 nitrogen and oxygen atoms in total. The fourth-order valence-electron chi connectivity index (χ4n) is 1.61. The van der Waals surface area contributed by atoms with Crippen LogP contribution in [0.25, 0.3) is 0 Å². The van der Waals surface area contributed by atoms with Crippen molar-refractivity contribution in [1.82, 2.24) is 4.90 Å². The van der Waals surface area contributed by atoms with Gasteiger partial charge in [0.25, 0.3) is 0 Å². The Hall–Kier alpha value is -0.550. The molecule has 0 bridgehead atoms. The minimum absolute atomic E-state index is 0.0428. The second-order valence-electron chi connectivity index (χ2n) is 3.80. The Labute approximate surface area is 94.0 Å². The molecule has 86 valence electrons. The van der Waals surface area contributed by atoms with Crippen LogP contribution in [-0.4, -0.2) is 45.5 Å². The third-order valence-electron chi connectivity index (χ3n) is 2.41. The highest BCUT2D eigenvalue weighted by Gasteiger charge is 2.31. The topological polar surface area (TPSA) is 57.6 Å². The molecule has 0 radical (unpaired) electrons. The molecule has 1 rings (SSSR count). The molecule has 1 aliphatic rings. The minimum Gasteiger partial charge on any atom is -0.391 e. The number of nitrogens with zero attached hydrogens (tertiary/aromatic N) is 1. The van der Waals surface area contributed by atoms with Crippen molar-refractivity contribution < 1.29 is 14.7 Å². The van der Waals surface area contributed by atoms with Gasteiger partial charge in [0.2, 0.25) is 5.91 Å². The predicted molar refractivity (Wildman–Crippen MR) is 59.6 cm³/mol. The van der Waals surface area contributed by atoms with Crippen LogP contribution in [0.1, 0.15) is 26.7 Å². The summed E-state index contributed by atoms with van der Waals surface area (Å²) in [5.74, 6) is 0.0428. The Balaban J connectivity index is 2.42. The van der Waals surface area contributed by atoms with Gasteiger partial charge in [-0.25, -0.2) is 0 Å². The van der Waals surface area contributed by atoms with E-state index in [1.165, 1.54) is 18.7 Å². The molecule has 0 aromatic rings. The highest BCUT2D eigenvalue weighted by atomic mass is 32.2. The molecule has 0 saturated carbocycles. The molecule has 0 aromatic carbocycles. The van der Waals surface area contributed by atoms with E-state index in [1.54, 1.807) is 4.90 Å². The number of thioether (sulfide) groups is 1. The molecule has 1 aliphatic heterocycles. The normalized spacial score (nSPS) is 23.3. The minimum atomic E-state index is -0.449. The predicted octanol–water partition coefficient (Wildman–Crippen LogP) is 0.638. The lowest BCUT2D eigenvalue weighted by Crippen LogP contribution is -2.33. The summed E-state index contributed by atoms with van der Waals surface area (Å²) < 4.78 is 0. The van der Waals surface area contributed by atoms with Gasteiger partial charge >= 0.3 is 0 Å². The van der Waals surface area contributed by atoms with Crippen LogP contribution in [0.15, 0.2) is 0 Å². The van der Waals surface area contributed by atoms with E-state index in [0.29, 0.717) is 25.9 Å². The van der Waals surface area contributed by atoms with Crippen molar-refractivity contribution in [2.45, 2.75) is 38.0 Å². The van der Waals surface area contributed by atoms with Crippen molar-refractivity contribution in [2.75, 3.05) is 13.1 Å². The maximum Gasteiger partial charge on any atom is 0.223 e. The summed E-state index contributed by atoms with van der Waals surface area (Å²) in [4.78, 5) is 24.0. The maximum atomic E-state index is 11.5. The number of amides is 1. The highest BCUT2D eigenvalue weighted by Crippen LogP contribution is 2.24. The number of carbonyl (C=O) groups excluding carboxylic acids is 2. The van der Waals surface area contributed by atoms with Crippen LogP contribution in [0.4, 0.5) is 0 Å². The number of aliphatic hydroxyl groups excluding tert-OH is 1. The van der Waals surface area contributed by atoms with Gasteiger partial charge in [0.05, 0.1) is 6.10 Å². The number of β-amino-alcohol motifs (C(OH)–C–C–N with tert-alkyl or cyclic N) is 1. The monoisotopic (exact) mass is 231 g/mol. The van der Waals surface area contributed by atoms with E-state index in [2.05, 4.69) is 0 Å². The van der Waals surface area contributed by atoms with E-state index in [-0.39, 0.29) is 16.3 Å². The quantitative estimate of drug-likeness (QED) is 0.771. The zero-order chi connectivity index (χ0) is 11.4. The van der Waals surface area contributed by atoms with Crippen LogP contribution in [0.3, 0.4) is 0 Å². The largest absolute Gasteiger partial charge is 0.391 e. The van der Waals surface area contributed by atoms with Crippen LogP contribution in [-0.2, 0) is 9.59 Å². The summed E-state index contributed by atoms with van der Waals surface area (Å²) in [5.41, 5.74) is 0. The van der Waals surface area contributed by atoms with E-state index in [1.807, 2.05) is 6.92 Å². The average Bonchev–Trinajstić information content (AvgIpc) is 2.45. The molecular formula is C10H17NO3S. The lowest BCUT2D eigenvalue weighted by atomic mass is 10.2. The van der Waals surface area contributed by atoms with E-state index in [4.69, 9.17) is 0 Å². The standard InChI is InChI=1S/C10H17NO3S/c1-3-8(13)5-11-6-9(4-10(11)14)15-7(2)12/h8-9,13H,3-6H2,1-2H3. The molecule has 1 fully saturated rings. The van der Waals surface area contributed by atoms with Crippen LogP contribution in [0.2, 0.25) is 0 Å². The van der Waals surface area contributed by atoms with E-state index < -0.39 is 6.10 Å². The number of rotatable bonds is 4. The van der Waals surface area contributed by atoms with E-state index >= 15 is 0 Å². The molecule has 2 unspecified atom stereocenters. The van der Waals surface area contributed by atoms with Crippen LogP contribution in [0, 0.1) is 0 Å². The van der Waals surface area contributed by atoms with Crippen LogP contribution >= 0.6 is 11.8 Å². The first-order chi connectivity index (χ1) is 7.02. The molecule has 0 aromatic heterocycles. The first kappa shape index (κ1) is 12.5. The summed E-state index contributed by atoms with van der Waals surface area (Å²) in [6.07, 6.45) is 0.615. The first-order valence-electron chi connectivity index (χ1n) is 5.16. The van der Waals surface area contributed by atoms with Crippen molar-refractivity contribution in [3.05, 3.63) is 0 Å². The molecule has 5 heteroatoms. The van der Waals surface area contributed by atoms with Gasteiger partial charge in [-0.2, -0.15) is 0 Å². The van der Waals surface area contributed by atoms with E-state index in [9.17, 15) is 14.7 Å². The molecule has 1 amide bonds. The van der Waals surface area contributed by atoms with Gasteiger partial charge in [-0.15, -0.1) is 0 Å². The number of likely N-dealkylation sites (tertiary alicyclic amines) is 1. The Morgan fingerprint density at radius 3 is 2.93 bits per heavy atom. The average molecular weight is 231 g/mol. The number of hydrogen-bond acceptors (Lipinski definition) is 4. The molecule has 1 saturated heterocycles. The van der Waals surface area contributed by atoms with Crippen LogP contribution < -0.4 is 0 Å². The highest BCUT2D eigenvalue weighted by molar-refractivity contribution is 8.14. The van der Waals surface area contributed by atoms with Crippen molar-refractivity contribution in [3.63, 3.8) is 0 Å². The van der Waals surface area contributed by atoms with Gasteiger partial charge in [0, 0.05) is 31.7 Å². The van der Waals surface area contributed by atoms with Crippen molar-refractivity contribution in [3.8, 4) is 0 Å². The number of hydrogen-bond donors (Lipinski definition) is 1.